The zero-order valence-electron chi connectivity index (χ0n) is 26.1. The summed E-state index contributed by atoms with van der Waals surface area (Å²) in [6.07, 6.45) is 5.19. The van der Waals surface area contributed by atoms with Gasteiger partial charge in [-0.25, -0.2) is 0 Å². The summed E-state index contributed by atoms with van der Waals surface area (Å²) in [7, 11) is 0. The molecule has 0 bridgehead atoms. The van der Waals surface area contributed by atoms with Gasteiger partial charge in [0, 0.05) is 29.8 Å². The van der Waals surface area contributed by atoms with Gasteiger partial charge in [-0.2, -0.15) is 15.1 Å². The third-order valence-electron chi connectivity index (χ3n) is 7.73. The summed E-state index contributed by atoms with van der Waals surface area (Å²) in [4.78, 5) is 27.1. The number of hydroxylamine groups is 2. The van der Waals surface area contributed by atoms with E-state index < -0.39 is 0 Å². The van der Waals surface area contributed by atoms with Gasteiger partial charge in [0.15, 0.2) is 0 Å². The lowest BCUT2D eigenvalue weighted by molar-refractivity contribution is -0.224. The molecule has 1 saturated heterocycles. The van der Waals surface area contributed by atoms with Gasteiger partial charge >= 0.3 is 12.0 Å². The van der Waals surface area contributed by atoms with Gasteiger partial charge < -0.3 is 15.3 Å². The SMILES string of the molecule is CC1(C)CC(N)CC(C)(C)N1Oc1nc(OCCn2ccc(-c3ccccn3)n2)nc(N(c2ccccc2)c2ccccc2)n1. The lowest BCUT2D eigenvalue weighted by Gasteiger charge is -2.52. The number of hydrogen-bond acceptors (Lipinski definition) is 10. The molecule has 5 aromatic rings. The topological polar surface area (TPSA) is 120 Å². The Labute approximate surface area is 263 Å². The molecule has 1 fully saturated rings. The van der Waals surface area contributed by atoms with Crippen molar-refractivity contribution in [1.82, 2.24) is 34.8 Å². The number of anilines is 3. The van der Waals surface area contributed by atoms with Crippen LogP contribution in [-0.4, -0.2) is 58.5 Å². The molecule has 0 aliphatic carbocycles. The van der Waals surface area contributed by atoms with E-state index in [4.69, 9.17) is 25.3 Å². The standard InChI is InChI=1S/C34H39N9O2/c1-33(2)23-25(35)24-34(3,4)43(33)45-32-38-30(42(26-13-7-5-8-14-26)27-15-9-6-10-16-27)37-31(39-32)44-22-21-41-20-18-29(40-41)28-17-11-12-19-36-28/h5-20,25H,21-24,35H2,1-4H3. The average Bonchev–Trinajstić information content (AvgIpc) is 3.49. The van der Waals surface area contributed by atoms with Crippen LogP contribution in [0.1, 0.15) is 40.5 Å². The number of benzene rings is 2. The Balaban J connectivity index is 1.32. The fraction of sp³-hybridized carbons (Fsp3) is 0.324. The molecule has 0 unspecified atom stereocenters. The molecule has 45 heavy (non-hydrogen) atoms. The van der Waals surface area contributed by atoms with Crippen molar-refractivity contribution in [3.63, 3.8) is 0 Å². The maximum atomic E-state index is 6.54. The Hall–Kier alpha value is -4.87. The van der Waals surface area contributed by atoms with Gasteiger partial charge in [-0.3, -0.25) is 14.6 Å². The minimum Gasteiger partial charge on any atom is -0.461 e. The smallest absolute Gasteiger partial charge is 0.344 e. The van der Waals surface area contributed by atoms with Gasteiger partial charge in [-0.1, -0.05) is 42.5 Å². The van der Waals surface area contributed by atoms with Gasteiger partial charge in [-0.15, -0.1) is 10.0 Å². The molecule has 0 amide bonds. The minimum absolute atomic E-state index is 0.0646. The second-order valence-electron chi connectivity index (χ2n) is 12.4. The second kappa shape index (κ2) is 12.6. The summed E-state index contributed by atoms with van der Waals surface area (Å²) < 4.78 is 7.97. The van der Waals surface area contributed by atoms with E-state index in [0.717, 1.165) is 35.6 Å². The van der Waals surface area contributed by atoms with Crippen LogP contribution in [0.5, 0.6) is 12.0 Å². The zero-order valence-corrected chi connectivity index (χ0v) is 26.1. The molecule has 1 aliphatic rings. The van der Waals surface area contributed by atoms with E-state index in [0.29, 0.717) is 12.5 Å². The number of rotatable bonds is 10. The van der Waals surface area contributed by atoms with E-state index in [1.54, 1.807) is 6.20 Å². The Morgan fingerprint density at radius 3 is 2.02 bits per heavy atom. The van der Waals surface area contributed by atoms with Crippen molar-refractivity contribution in [3.8, 4) is 23.4 Å². The van der Waals surface area contributed by atoms with Crippen molar-refractivity contribution in [3.05, 3.63) is 97.3 Å². The van der Waals surface area contributed by atoms with Crippen molar-refractivity contribution in [2.75, 3.05) is 11.5 Å². The largest absolute Gasteiger partial charge is 0.461 e. The number of piperidine rings is 1. The van der Waals surface area contributed by atoms with Gasteiger partial charge in [0.1, 0.15) is 12.3 Å². The quantitative estimate of drug-likeness (QED) is 0.204. The summed E-state index contributed by atoms with van der Waals surface area (Å²) in [5.41, 5.74) is 9.08. The lowest BCUT2D eigenvalue weighted by atomic mass is 9.79. The average molecular weight is 606 g/mol. The van der Waals surface area contributed by atoms with Crippen LogP contribution in [-0.2, 0) is 6.54 Å². The molecule has 0 spiro atoms. The number of hydrogen-bond donors (Lipinski definition) is 1. The van der Waals surface area contributed by atoms with Crippen LogP contribution in [0, 0.1) is 0 Å². The molecule has 1 aliphatic heterocycles. The van der Waals surface area contributed by atoms with Crippen LogP contribution in [0.15, 0.2) is 97.3 Å². The molecule has 232 valence electrons. The van der Waals surface area contributed by atoms with Gasteiger partial charge in [0.25, 0.3) is 0 Å². The Morgan fingerprint density at radius 2 is 1.40 bits per heavy atom. The van der Waals surface area contributed by atoms with Crippen LogP contribution < -0.4 is 20.2 Å². The first kappa shape index (κ1) is 30.2. The fourth-order valence-corrected chi connectivity index (χ4v) is 6.10. The lowest BCUT2D eigenvalue weighted by Crippen LogP contribution is -2.64. The Bertz CT molecular complexity index is 1640. The third kappa shape index (κ3) is 6.95. The Kier molecular flexibility index (Phi) is 8.46. The maximum absolute atomic E-state index is 6.54. The summed E-state index contributed by atoms with van der Waals surface area (Å²) in [5, 5.41) is 6.60. The summed E-state index contributed by atoms with van der Waals surface area (Å²) in [6, 6.07) is 27.9. The monoisotopic (exact) mass is 605 g/mol. The second-order valence-corrected chi connectivity index (χ2v) is 12.4. The molecule has 6 rings (SSSR count). The first-order valence-electron chi connectivity index (χ1n) is 15.2. The molecule has 4 heterocycles. The maximum Gasteiger partial charge on any atom is 0.344 e. The number of nitrogens with zero attached hydrogens (tertiary/aromatic N) is 8. The van der Waals surface area contributed by atoms with E-state index >= 15 is 0 Å². The van der Waals surface area contributed by atoms with Crippen LogP contribution in [0.3, 0.4) is 0 Å². The van der Waals surface area contributed by atoms with Crippen LogP contribution in [0.25, 0.3) is 11.4 Å². The molecule has 2 N–H and O–H groups in total. The minimum atomic E-state index is -0.362. The molecule has 11 nitrogen and oxygen atoms in total. The highest BCUT2D eigenvalue weighted by atomic mass is 16.7. The first-order valence-corrected chi connectivity index (χ1v) is 15.2. The van der Waals surface area contributed by atoms with E-state index in [-0.39, 0.29) is 35.7 Å². The van der Waals surface area contributed by atoms with Gasteiger partial charge in [-0.05, 0) is 83.0 Å². The molecular formula is C34H39N9O2. The zero-order chi connectivity index (χ0) is 31.4. The van der Waals surface area contributed by atoms with Crippen molar-refractivity contribution in [2.24, 2.45) is 5.73 Å². The fourth-order valence-electron chi connectivity index (χ4n) is 6.10. The third-order valence-corrected chi connectivity index (χ3v) is 7.73. The van der Waals surface area contributed by atoms with Crippen LogP contribution >= 0.6 is 0 Å². The van der Waals surface area contributed by atoms with E-state index in [9.17, 15) is 0 Å². The van der Waals surface area contributed by atoms with Crippen molar-refractivity contribution >= 4 is 17.3 Å². The molecule has 0 atom stereocenters. The van der Waals surface area contributed by atoms with Crippen molar-refractivity contribution < 1.29 is 9.57 Å². The van der Waals surface area contributed by atoms with Crippen LogP contribution in [0.2, 0.25) is 0 Å². The molecular weight excluding hydrogens is 566 g/mol. The highest BCUT2D eigenvalue weighted by Crippen LogP contribution is 2.39. The summed E-state index contributed by atoms with van der Waals surface area (Å²) in [6.45, 7) is 9.25. The normalized spacial score (nSPS) is 16.3. The number of para-hydroxylation sites is 2. The van der Waals surface area contributed by atoms with Gasteiger partial charge in [0.2, 0.25) is 5.95 Å². The predicted octanol–water partition coefficient (Wildman–Crippen LogP) is 5.95. The van der Waals surface area contributed by atoms with E-state index in [1.807, 2.05) is 106 Å². The van der Waals surface area contributed by atoms with Crippen molar-refractivity contribution in [2.45, 2.75) is 64.2 Å². The number of ether oxygens (including phenoxy) is 1. The molecule has 0 radical (unpaired) electrons. The van der Waals surface area contributed by atoms with E-state index in [1.165, 1.54) is 0 Å². The predicted molar refractivity (Wildman–Crippen MR) is 173 cm³/mol. The van der Waals surface area contributed by atoms with Gasteiger partial charge in [0.05, 0.1) is 23.3 Å². The van der Waals surface area contributed by atoms with E-state index in [2.05, 4.69) is 42.8 Å². The molecule has 2 aromatic carbocycles. The number of nitrogens with two attached hydrogens (primary N) is 1. The number of aromatic nitrogens is 6. The number of pyridine rings is 1. The Morgan fingerprint density at radius 1 is 0.778 bits per heavy atom. The summed E-state index contributed by atoms with van der Waals surface area (Å²) >= 11 is 0. The summed E-state index contributed by atoms with van der Waals surface area (Å²) in [5.74, 6) is 0.369. The molecule has 3 aromatic heterocycles. The van der Waals surface area contributed by atoms with Crippen LogP contribution in [0.4, 0.5) is 17.3 Å². The van der Waals surface area contributed by atoms with Crippen molar-refractivity contribution in [1.29, 1.82) is 0 Å². The highest BCUT2D eigenvalue weighted by molar-refractivity contribution is 5.72. The first-order chi connectivity index (χ1) is 21.7. The molecule has 11 heteroatoms. The highest BCUT2D eigenvalue weighted by Gasteiger charge is 2.47. The molecule has 0 saturated carbocycles.